The number of methoxy groups -OCH3 is 2. The van der Waals surface area contributed by atoms with Crippen LogP contribution in [-0.2, 0) is 6.54 Å². The van der Waals surface area contributed by atoms with Gasteiger partial charge in [0.2, 0.25) is 0 Å². The van der Waals surface area contributed by atoms with Crippen molar-refractivity contribution >= 4 is 28.8 Å². The van der Waals surface area contributed by atoms with Crippen LogP contribution in [0.1, 0.15) is 16.7 Å². The molecule has 1 aliphatic heterocycles. The summed E-state index contributed by atoms with van der Waals surface area (Å²) in [6, 6.07) is 18.1. The molecule has 1 aliphatic rings. The first-order valence-corrected chi connectivity index (χ1v) is 11.1. The third kappa shape index (κ3) is 4.31. The third-order valence-corrected chi connectivity index (χ3v) is 5.97. The van der Waals surface area contributed by atoms with Crippen LogP contribution in [-0.4, -0.2) is 24.9 Å². The molecule has 35 heavy (non-hydrogen) atoms. The van der Waals surface area contributed by atoms with Crippen LogP contribution < -0.4 is 14.8 Å². The first-order chi connectivity index (χ1) is 17.0. The van der Waals surface area contributed by atoms with Crippen LogP contribution >= 0.6 is 11.6 Å². The van der Waals surface area contributed by atoms with Gasteiger partial charge in [-0.1, -0.05) is 29.8 Å². The maximum Gasteiger partial charge on any atom is 0.162 e. The Kier molecular flexibility index (Phi) is 6.09. The summed E-state index contributed by atoms with van der Waals surface area (Å²) < 4.78 is 40.1. The zero-order valence-corrected chi connectivity index (χ0v) is 19.7. The summed E-state index contributed by atoms with van der Waals surface area (Å²) >= 11 is 6.28. The van der Waals surface area contributed by atoms with Gasteiger partial charge in [0, 0.05) is 33.5 Å². The number of nitrogens with zero attached hydrogens (tertiary/aromatic N) is 2. The lowest BCUT2D eigenvalue weighted by molar-refractivity contribution is 0.355. The highest BCUT2D eigenvalue weighted by Gasteiger charge is 2.25. The smallest absolute Gasteiger partial charge is 0.162 e. The van der Waals surface area contributed by atoms with Crippen LogP contribution in [0, 0.1) is 11.6 Å². The topological polar surface area (TPSA) is 55.7 Å². The number of rotatable bonds is 5. The van der Waals surface area contributed by atoms with Gasteiger partial charge < -0.3 is 14.8 Å². The first-order valence-electron chi connectivity index (χ1n) is 10.8. The number of nitrogens with one attached hydrogen (secondary N) is 1. The van der Waals surface area contributed by atoms with E-state index in [4.69, 9.17) is 26.1 Å². The molecule has 0 radical (unpaired) electrons. The van der Waals surface area contributed by atoms with E-state index >= 15 is 0 Å². The minimum absolute atomic E-state index is 0.188. The lowest BCUT2D eigenvalue weighted by Gasteiger charge is -2.14. The summed E-state index contributed by atoms with van der Waals surface area (Å²) in [5.74, 6) is 0.396. The molecule has 1 N–H and O–H groups in total. The SMILES string of the molecule is COc1ccc(Nc2ccc3c(n2)-c2ccc(Cl)cc2C(c2c(F)cccc2F)=NC3)cc1OC. The van der Waals surface area contributed by atoms with E-state index in [-0.39, 0.29) is 17.8 Å². The number of aromatic nitrogens is 1. The Bertz CT molecular complexity index is 1450. The fourth-order valence-electron chi connectivity index (χ4n) is 4.09. The lowest BCUT2D eigenvalue weighted by atomic mass is 9.94. The molecular formula is C27H20ClF2N3O2. The van der Waals surface area contributed by atoms with E-state index in [2.05, 4.69) is 10.3 Å². The van der Waals surface area contributed by atoms with Gasteiger partial charge in [-0.05, 0) is 42.5 Å². The molecule has 0 atom stereocenters. The molecule has 0 spiro atoms. The van der Waals surface area contributed by atoms with Crippen LogP contribution in [0.4, 0.5) is 20.3 Å². The summed E-state index contributed by atoms with van der Waals surface area (Å²) in [6.07, 6.45) is 0. The van der Waals surface area contributed by atoms with Gasteiger partial charge in [-0.2, -0.15) is 0 Å². The van der Waals surface area contributed by atoms with E-state index < -0.39 is 11.6 Å². The van der Waals surface area contributed by atoms with Crippen LogP contribution in [0.25, 0.3) is 11.3 Å². The fraction of sp³-hybridized carbons (Fsp3) is 0.111. The van der Waals surface area contributed by atoms with Gasteiger partial charge in [-0.3, -0.25) is 4.99 Å². The Morgan fingerprint density at radius 1 is 0.857 bits per heavy atom. The number of ether oxygens (including phenoxy) is 2. The Morgan fingerprint density at radius 3 is 2.37 bits per heavy atom. The predicted molar refractivity (Wildman–Crippen MR) is 133 cm³/mol. The van der Waals surface area contributed by atoms with E-state index in [9.17, 15) is 8.78 Å². The summed E-state index contributed by atoms with van der Waals surface area (Å²) in [5.41, 5.74) is 3.43. The van der Waals surface area contributed by atoms with E-state index in [1.807, 2.05) is 24.3 Å². The molecule has 5 rings (SSSR count). The summed E-state index contributed by atoms with van der Waals surface area (Å²) in [7, 11) is 3.15. The van der Waals surface area contributed by atoms with E-state index in [1.54, 1.807) is 38.5 Å². The van der Waals surface area contributed by atoms with Gasteiger partial charge in [0.05, 0.1) is 37.7 Å². The van der Waals surface area contributed by atoms with Crippen LogP contribution in [0.3, 0.4) is 0 Å². The van der Waals surface area contributed by atoms with Crippen LogP contribution in [0.2, 0.25) is 5.02 Å². The van der Waals surface area contributed by atoms with Crippen molar-refractivity contribution in [1.29, 1.82) is 0 Å². The highest BCUT2D eigenvalue weighted by molar-refractivity contribution is 6.31. The Labute approximate surface area is 206 Å². The van der Waals surface area contributed by atoms with Crippen molar-refractivity contribution in [3.63, 3.8) is 0 Å². The van der Waals surface area contributed by atoms with Crippen molar-refractivity contribution in [2.45, 2.75) is 6.54 Å². The Morgan fingerprint density at radius 2 is 1.63 bits per heavy atom. The molecule has 0 amide bonds. The second kappa shape index (κ2) is 9.35. The quantitative estimate of drug-likeness (QED) is 0.334. The maximum absolute atomic E-state index is 14.7. The number of hydrogen-bond donors (Lipinski definition) is 1. The minimum atomic E-state index is -0.690. The zero-order valence-electron chi connectivity index (χ0n) is 18.9. The number of fused-ring (bicyclic) bond motifs is 3. The lowest BCUT2D eigenvalue weighted by Crippen LogP contribution is -2.10. The average Bonchev–Trinajstić information content (AvgIpc) is 3.00. The normalized spacial score (nSPS) is 12.2. The van der Waals surface area contributed by atoms with Crippen molar-refractivity contribution in [2.24, 2.45) is 4.99 Å². The van der Waals surface area contributed by atoms with Crippen molar-refractivity contribution in [1.82, 2.24) is 4.98 Å². The highest BCUT2D eigenvalue weighted by atomic mass is 35.5. The van der Waals surface area contributed by atoms with E-state index in [0.29, 0.717) is 39.2 Å². The number of anilines is 2. The van der Waals surface area contributed by atoms with Gasteiger partial charge in [0.1, 0.15) is 17.5 Å². The number of benzene rings is 3. The van der Waals surface area contributed by atoms with Crippen molar-refractivity contribution < 1.29 is 18.3 Å². The summed E-state index contributed by atoms with van der Waals surface area (Å²) in [6.45, 7) is 0.203. The largest absolute Gasteiger partial charge is 0.493 e. The number of aliphatic imine (C=N–C) groups is 1. The molecule has 5 nitrogen and oxygen atoms in total. The number of pyridine rings is 1. The zero-order chi connectivity index (χ0) is 24.5. The van der Waals surface area contributed by atoms with Gasteiger partial charge in [-0.15, -0.1) is 0 Å². The first kappa shape index (κ1) is 22.8. The summed E-state index contributed by atoms with van der Waals surface area (Å²) in [5, 5.41) is 3.70. The molecule has 0 saturated heterocycles. The number of halogens is 3. The molecule has 0 unspecified atom stereocenters. The second-order valence-electron chi connectivity index (χ2n) is 7.85. The molecule has 0 bridgehead atoms. The molecule has 1 aromatic heterocycles. The van der Waals surface area contributed by atoms with Gasteiger partial charge in [0.15, 0.2) is 11.5 Å². The molecular weight excluding hydrogens is 472 g/mol. The predicted octanol–water partition coefficient (Wildman–Crippen LogP) is 6.79. The molecule has 0 saturated carbocycles. The third-order valence-electron chi connectivity index (χ3n) is 5.73. The summed E-state index contributed by atoms with van der Waals surface area (Å²) in [4.78, 5) is 9.41. The average molecular weight is 492 g/mol. The molecule has 176 valence electrons. The van der Waals surface area contributed by atoms with Crippen LogP contribution in [0.15, 0.2) is 71.7 Å². The second-order valence-corrected chi connectivity index (χ2v) is 8.29. The molecule has 3 aromatic carbocycles. The van der Waals surface area contributed by atoms with Gasteiger partial charge in [0.25, 0.3) is 0 Å². The van der Waals surface area contributed by atoms with E-state index in [1.165, 1.54) is 18.2 Å². The van der Waals surface area contributed by atoms with Gasteiger partial charge >= 0.3 is 0 Å². The Balaban J connectivity index is 1.60. The van der Waals surface area contributed by atoms with E-state index in [0.717, 1.165) is 11.3 Å². The van der Waals surface area contributed by atoms with Crippen LogP contribution in [0.5, 0.6) is 11.5 Å². The molecule has 0 aliphatic carbocycles. The number of hydrogen-bond acceptors (Lipinski definition) is 5. The molecule has 4 aromatic rings. The van der Waals surface area contributed by atoms with Crippen molar-refractivity contribution in [2.75, 3.05) is 19.5 Å². The fourth-order valence-corrected chi connectivity index (χ4v) is 4.26. The standard InChI is InChI=1S/C27H20ClF2N3O2/c1-34-22-10-8-17(13-23(22)35-2)32-24-11-6-15-14-31-27(25-20(29)4-3-5-21(25)30)19-12-16(28)7-9-18(19)26(15)33-24/h3-13H,14H2,1-2H3,(H,32,33). The minimum Gasteiger partial charge on any atom is -0.493 e. The highest BCUT2D eigenvalue weighted by Crippen LogP contribution is 2.36. The maximum atomic E-state index is 14.7. The Hall–Kier alpha value is -3.97. The van der Waals surface area contributed by atoms with Gasteiger partial charge in [-0.25, -0.2) is 13.8 Å². The van der Waals surface area contributed by atoms with Crippen molar-refractivity contribution in [3.05, 3.63) is 100 Å². The molecule has 8 heteroatoms. The van der Waals surface area contributed by atoms with Crippen molar-refractivity contribution in [3.8, 4) is 22.8 Å². The monoisotopic (exact) mass is 491 g/mol. The molecule has 2 heterocycles. The molecule has 0 fully saturated rings.